The number of rotatable bonds is 4. The first kappa shape index (κ1) is 18.4. The highest BCUT2D eigenvalue weighted by Crippen LogP contribution is 2.46. The Hall–Kier alpha value is -2.99. The minimum absolute atomic E-state index is 0.0469. The highest BCUT2D eigenvalue weighted by Gasteiger charge is 2.44. The lowest BCUT2D eigenvalue weighted by molar-refractivity contribution is -0.136. The van der Waals surface area contributed by atoms with Crippen molar-refractivity contribution in [2.24, 2.45) is 0 Å². The van der Waals surface area contributed by atoms with Gasteiger partial charge in [-0.15, -0.1) is 0 Å². The number of anilines is 1. The summed E-state index contributed by atoms with van der Waals surface area (Å²) in [5.41, 5.74) is 2.40. The van der Waals surface area contributed by atoms with Crippen LogP contribution in [0.15, 0.2) is 53.7 Å². The van der Waals surface area contributed by atoms with Crippen LogP contribution in [0.3, 0.4) is 0 Å². The normalized spacial score (nSPS) is 18.8. The van der Waals surface area contributed by atoms with E-state index in [0.29, 0.717) is 33.5 Å². The van der Waals surface area contributed by atoms with Gasteiger partial charge in [-0.2, -0.15) is 0 Å². The Morgan fingerprint density at radius 1 is 1.07 bits per heavy atom. The molecule has 2 aromatic rings. The van der Waals surface area contributed by atoms with Crippen molar-refractivity contribution < 1.29 is 23.8 Å². The first-order chi connectivity index (χ1) is 13.5. The second-order valence-corrected chi connectivity index (χ2v) is 6.92. The van der Waals surface area contributed by atoms with Crippen molar-refractivity contribution >= 4 is 29.2 Å². The number of benzene rings is 2. The number of nitrogens with zero attached hydrogens (tertiary/aromatic N) is 1. The van der Waals surface area contributed by atoms with Gasteiger partial charge in [-0.25, -0.2) is 4.79 Å². The van der Waals surface area contributed by atoms with Crippen molar-refractivity contribution in [2.75, 3.05) is 25.7 Å². The van der Waals surface area contributed by atoms with E-state index in [1.54, 1.807) is 42.3 Å². The van der Waals surface area contributed by atoms with E-state index >= 15 is 0 Å². The lowest BCUT2D eigenvalue weighted by Crippen LogP contribution is -2.37. The van der Waals surface area contributed by atoms with Crippen LogP contribution in [0, 0.1) is 0 Å². The zero-order chi connectivity index (χ0) is 19.8. The number of carbonyl (C=O) groups is 2. The van der Waals surface area contributed by atoms with Crippen molar-refractivity contribution in [3.05, 3.63) is 64.3 Å². The summed E-state index contributed by atoms with van der Waals surface area (Å²) in [6.45, 7) is 0.0469. The molecular formula is C21H18ClNO5. The predicted octanol–water partition coefficient (Wildman–Crippen LogP) is 3.69. The molecule has 0 N–H and O–H groups in total. The van der Waals surface area contributed by atoms with Crippen LogP contribution in [0.1, 0.15) is 17.9 Å². The highest BCUT2D eigenvalue weighted by atomic mass is 35.5. The van der Waals surface area contributed by atoms with Gasteiger partial charge in [0.15, 0.2) is 11.5 Å². The van der Waals surface area contributed by atoms with Gasteiger partial charge in [0.1, 0.15) is 6.61 Å². The average molecular weight is 400 g/mol. The minimum Gasteiger partial charge on any atom is -0.493 e. The zero-order valence-electron chi connectivity index (χ0n) is 15.4. The summed E-state index contributed by atoms with van der Waals surface area (Å²) in [6, 6.07) is 12.3. The summed E-state index contributed by atoms with van der Waals surface area (Å²) in [4.78, 5) is 27.2. The number of esters is 1. The van der Waals surface area contributed by atoms with Crippen LogP contribution in [0.5, 0.6) is 11.5 Å². The van der Waals surface area contributed by atoms with Gasteiger partial charge in [-0.3, -0.25) is 9.69 Å². The summed E-state index contributed by atoms with van der Waals surface area (Å²) in [6.07, 6.45) is 0.111. The number of methoxy groups -OCH3 is 2. The number of cyclic esters (lactones) is 1. The maximum atomic E-state index is 13.1. The fraction of sp³-hybridized carbons (Fsp3) is 0.238. The van der Waals surface area contributed by atoms with Crippen LogP contribution >= 0.6 is 11.6 Å². The summed E-state index contributed by atoms with van der Waals surface area (Å²) in [5, 5.41) is 0.570. The van der Waals surface area contributed by atoms with Crippen molar-refractivity contribution in [1.82, 2.24) is 0 Å². The van der Waals surface area contributed by atoms with Gasteiger partial charge in [0.05, 0.1) is 25.5 Å². The number of hydrogen-bond acceptors (Lipinski definition) is 5. The second kappa shape index (κ2) is 7.20. The molecule has 0 aliphatic carbocycles. The maximum Gasteiger partial charge on any atom is 0.336 e. The third-order valence-corrected chi connectivity index (χ3v) is 5.26. The third kappa shape index (κ3) is 2.90. The Morgan fingerprint density at radius 2 is 1.82 bits per heavy atom. The van der Waals surface area contributed by atoms with E-state index in [1.807, 2.05) is 12.1 Å². The highest BCUT2D eigenvalue weighted by molar-refractivity contribution is 6.30. The second-order valence-electron chi connectivity index (χ2n) is 6.48. The molecular weight excluding hydrogens is 382 g/mol. The van der Waals surface area contributed by atoms with Crippen LogP contribution in [-0.2, 0) is 14.3 Å². The molecule has 2 aromatic carbocycles. The third-order valence-electron chi connectivity index (χ3n) is 5.01. The monoisotopic (exact) mass is 399 g/mol. The minimum atomic E-state index is -0.467. The Balaban J connectivity index is 1.85. The Kier molecular flexibility index (Phi) is 4.73. The Morgan fingerprint density at radius 3 is 2.50 bits per heavy atom. The predicted molar refractivity (Wildman–Crippen MR) is 104 cm³/mol. The standard InChI is InChI=1S/C21H18ClNO5/c1-26-17-5-3-4-14(20(17)27-2)15-10-18(24)23(13-8-6-12(22)7-9-13)16-11-28-21(25)19(15)16/h3-9,15H,10-11H2,1-2H3/t15-/m1/s1. The lowest BCUT2D eigenvalue weighted by atomic mass is 9.83. The first-order valence-corrected chi connectivity index (χ1v) is 9.12. The quantitative estimate of drug-likeness (QED) is 0.733. The molecule has 0 spiro atoms. The molecule has 2 aliphatic rings. The van der Waals surface area contributed by atoms with Gasteiger partial charge in [0, 0.05) is 28.6 Å². The number of amides is 1. The summed E-state index contributed by atoms with van der Waals surface area (Å²) >= 11 is 5.97. The fourth-order valence-electron chi connectivity index (χ4n) is 3.80. The molecule has 1 atom stereocenters. The van der Waals surface area contributed by atoms with Crippen LogP contribution in [-0.4, -0.2) is 32.7 Å². The smallest absolute Gasteiger partial charge is 0.336 e. The Labute approximate surface area is 167 Å². The van der Waals surface area contributed by atoms with E-state index in [1.165, 1.54) is 7.11 Å². The summed E-state index contributed by atoms with van der Waals surface area (Å²) in [7, 11) is 3.08. The number of ether oxygens (including phenoxy) is 3. The van der Waals surface area contributed by atoms with Gasteiger partial charge < -0.3 is 14.2 Å². The molecule has 2 aliphatic heterocycles. The van der Waals surface area contributed by atoms with E-state index in [-0.39, 0.29) is 18.9 Å². The molecule has 1 amide bonds. The summed E-state index contributed by atoms with van der Waals surface area (Å²) < 4.78 is 16.2. The van der Waals surface area contributed by atoms with Crippen molar-refractivity contribution in [2.45, 2.75) is 12.3 Å². The van der Waals surface area contributed by atoms with Gasteiger partial charge >= 0.3 is 5.97 Å². The van der Waals surface area contributed by atoms with Crippen molar-refractivity contribution in [1.29, 1.82) is 0 Å². The first-order valence-electron chi connectivity index (χ1n) is 8.74. The SMILES string of the molecule is COc1cccc([C@H]2CC(=O)N(c3ccc(Cl)cc3)C3=C2C(=O)OC3)c1OC. The van der Waals surface area contributed by atoms with Gasteiger partial charge in [-0.1, -0.05) is 23.7 Å². The zero-order valence-corrected chi connectivity index (χ0v) is 16.2. The van der Waals surface area contributed by atoms with Crippen LogP contribution in [0.4, 0.5) is 5.69 Å². The van der Waals surface area contributed by atoms with Crippen LogP contribution in [0.25, 0.3) is 0 Å². The molecule has 0 bridgehead atoms. The molecule has 0 radical (unpaired) electrons. The van der Waals surface area contributed by atoms with Crippen molar-refractivity contribution in [3.63, 3.8) is 0 Å². The molecule has 6 nitrogen and oxygen atoms in total. The molecule has 2 heterocycles. The van der Waals surface area contributed by atoms with E-state index < -0.39 is 11.9 Å². The number of carbonyl (C=O) groups excluding carboxylic acids is 2. The lowest BCUT2D eigenvalue weighted by Gasteiger charge is -2.32. The topological polar surface area (TPSA) is 65.1 Å². The van der Waals surface area contributed by atoms with Gasteiger partial charge in [-0.05, 0) is 30.3 Å². The molecule has 4 rings (SSSR count). The van der Waals surface area contributed by atoms with E-state index in [2.05, 4.69) is 0 Å². The molecule has 0 aromatic heterocycles. The molecule has 0 saturated carbocycles. The largest absolute Gasteiger partial charge is 0.493 e. The summed E-state index contributed by atoms with van der Waals surface area (Å²) in [5.74, 6) is 0.0343. The van der Waals surface area contributed by atoms with Crippen LogP contribution in [0.2, 0.25) is 5.02 Å². The van der Waals surface area contributed by atoms with E-state index in [9.17, 15) is 9.59 Å². The number of para-hydroxylation sites is 1. The number of hydrogen-bond donors (Lipinski definition) is 0. The Bertz CT molecular complexity index is 983. The van der Waals surface area contributed by atoms with Crippen LogP contribution < -0.4 is 14.4 Å². The van der Waals surface area contributed by atoms with Gasteiger partial charge in [0.2, 0.25) is 5.91 Å². The molecule has 144 valence electrons. The molecule has 28 heavy (non-hydrogen) atoms. The molecule has 0 unspecified atom stereocenters. The maximum absolute atomic E-state index is 13.1. The van der Waals surface area contributed by atoms with Crippen molar-refractivity contribution in [3.8, 4) is 11.5 Å². The van der Waals surface area contributed by atoms with E-state index in [0.717, 1.165) is 5.56 Å². The van der Waals surface area contributed by atoms with E-state index in [4.69, 9.17) is 25.8 Å². The number of halogens is 1. The molecule has 0 saturated heterocycles. The van der Waals surface area contributed by atoms with Gasteiger partial charge in [0.25, 0.3) is 0 Å². The fourth-order valence-corrected chi connectivity index (χ4v) is 3.92. The molecule has 0 fully saturated rings. The molecule has 7 heteroatoms. The average Bonchev–Trinajstić information content (AvgIpc) is 3.09.